The number of carbonyl (C=O) groups is 2. The van der Waals surface area contributed by atoms with Crippen LogP contribution >= 0.6 is 0 Å². The summed E-state index contributed by atoms with van der Waals surface area (Å²) in [4.78, 5) is 21.5. The fourth-order valence-corrected chi connectivity index (χ4v) is 1.17. The zero-order chi connectivity index (χ0) is 9.84. The maximum atomic E-state index is 11.1. The fourth-order valence-electron chi connectivity index (χ4n) is 1.17. The summed E-state index contributed by atoms with van der Waals surface area (Å²) in [7, 11) is 0. The van der Waals surface area contributed by atoms with Gasteiger partial charge in [0, 0.05) is 5.56 Å². The van der Waals surface area contributed by atoms with E-state index in [-0.39, 0.29) is 11.0 Å². The molecule has 76 valence electrons. The molecule has 0 unspecified atom stereocenters. The van der Waals surface area contributed by atoms with E-state index in [1.807, 2.05) is 6.92 Å². The Hall–Kier alpha value is -1.68. The Morgan fingerprint density at radius 1 is 1.29 bits per heavy atom. The van der Waals surface area contributed by atoms with Crippen molar-refractivity contribution >= 4 is 11.8 Å². The van der Waals surface area contributed by atoms with E-state index < -0.39 is 11.8 Å². The van der Waals surface area contributed by atoms with Crippen molar-refractivity contribution in [1.82, 2.24) is 0 Å². The van der Waals surface area contributed by atoms with Crippen LogP contribution in [0.4, 0.5) is 0 Å². The van der Waals surface area contributed by atoms with Gasteiger partial charge in [-0.15, -0.1) is 0 Å². The Bertz CT molecular complexity index is 344. The summed E-state index contributed by atoms with van der Waals surface area (Å²) in [5.74, 6) is -2.24. The second-order valence-corrected chi connectivity index (χ2v) is 2.64. The number of hydrogen-bond acceptors (Lipinski definition) is 2. The van der Waals surface area contributed by atoms with Crippen LogP contribution < -0.4 is 0 Å². The highest BCUT2D eigenvalue weighted by Gasteiger charge is 2.16. The average Bonchev–Trinajstić information content (AvgIpc) is 2.16. The van der Waals surface area contributed by atoms with Crippen molar-refractivity contribution in [3.05, 3.63) is 35.4 Å². The predicted molar refractivity (Wildman–Crippen MR) is 51.4 cm³/mol. The molecular weight excluding hydrogens is 184 g/mol. The monoisotopic (exact) mass is 196 g/mol. The van der Waals surface area contributed by atoms with E-state index in [1.165, 1.54) is 6.07 Å². The van der Waals surface area contributed by atoms with Crippen molar-refractivity contribution in [2.45, 2.75) is 13.3 Å². The first kappa shape index (κ1) is 12.3. The zero-order valence-electron chi connectivity index (χ0n) is 7.78. The summed E-state index contributed by atoms with van der Waals surface area (Å²) in [6.07, 6.45) is 0.662. The van der Waals surface area contributed by atoms with Crippen LogP contribution in [0.1, 0.15) is 22.8 Å². The Morgan fingerprint density at radius 3 is 2.36 bits per heavy atom. The minimum Gasteiger partial charge on any atom is -0.475 e. The van der Waals surface area contributed by atoms with Gasteiger partial charge in [-0.2, -0.15) is 0 Å². The number of carboxylic acids is 1. The molecule has 0 fully saturated rings. The average molecular weight is 196 g/mol. The molecule has 0 amide bonds. The molecule has 1 aromatic rings. The summed E-state index contributed by atoms with van der Waals surface area (Å²) in [5, 5.41) is 8.51. The van der Waals surface area contributed by atoms with Crippen molar-refractivity contribution in [3.63, 3.8) is 0 Å². The number of Topliss-reactive ketones (excluding diaryl/α,β-unsaturated/α-hetero) is 1. The minimum atomic E-state index is -1.40. The smallest absolute Gasteiger partial charge is 0.377 e. The number of ketones is 1. The molecule has 0 aliphatic heterocycles. The minimum absolute atomic E-state index is 0. The third-order valence-corrected chi connectivity index (χ3v) is 1.84. The van der Waals surface area contributed by atoms with E-state index >= 15 is 0 Å². The second kappa shape index (κ2) is 5.14. The molecule has 0 spiro atoms. The van der Waals surface area contributed by atoms with Gasteiger partial charge in [0.2, 0.25) is 0 Å². The molecule has 1 aromatic carbocycles. The Morgan fingerprint density at radius 2 is 1.86 bits per heavy atom. The first-order chi connectivity index (χ1) is 6.16. The van der Waals surface area contributed by atoms with Gasteiger partial charge in [0.15, 0.2) is 0 Å². The zero-order valence-corrected chi connectivity index (χ0v) is 7.78. The van der Waals surface area contributed by atoms with Crippen molar-refractivity contribution in [1.29, 1.82) is 0 Å². The van der Waals surface area contributed by atoms with Gasteiger partial charge in [-0.1, -0.05) is 31.2 Å². The number of aliphatic carboxylic acids is 1. The lowest BCUT2D eigenvalue weighted by atomic mass is 10.0. The van der Waals surface area contributed by atoms with Gasteiger partial charge in [-0.05, 0) is 12.0 Å². The van der Waals surface area contributed by atoms with Gasteiger partial charge < -0.3 is 10.6 Å². The third-order valence-electron chi connectivity index (χ3n) is 1.84. The number of aryl methyl sites for hydroxylation is 1. The molecule has 0 bridgehead atoms. The van der Waals surface area contributed by atoms with Crippen molar-refractivity contribution in [2.75, 3.05) is 0 Å². The molecule has 0 heterocycles. The van der Waals surface area contributed by atoms with E-state index in [0.29, 0.717) is 6.42 Å². The lowest BCUT2D eigenvalue weighted by Crippen LogP contribution is -2.14. The van der Waals surface area contributed by atoms with Crippen molar-refractivity contribution in [3.8, 4) is 0 Å². The Balaban J connectivity index is 0.00000169. The molecule has 0 atom stereocenters. The third kappa shape index (κ3) is 2.40. The molecular formula is C10H12O4. The number of rotatable bonds is 3. The van der Waals surface area contributed by atoms with E-state index in [4.69, 9.17) is 5.11 Å². The quantitative estimate of drug-likeness (QED) is 0.570. The SMILES string of the molecule is CCc1ccccc1C(=O)C(=O)O.O. The Kier molecular flexibility index (Phi) is 4.52. The lowest BCUT2D eigenvalue weighted by molar-refractivity contribution is -0.131. The van der Waals surface area contributed by atoms with Gasteiger partial charge in [0.25, 0.3) is 5.78 Å². The normalized spacial score (nSPS) is 8.93. The maximum Gasteiger partial charge on any atom is 0.377 e. The summed E-state index contributed by atoms with van der Waals surface area (Å²) in [5.41, 5.74) is 1.06. The van der Waals surface area contributed by atoms with Gasteiger partial charge >= 0.3 is 5.97 Å². The van der Waals surface area contributed by atoms with Crippen LogP contribution in [0.2, 0.25) is 0 Å². The van der Waals surface area contributed by atoms with Crippen LogP contribution in [0.15, 0.2) is 24.3 Å². The van der Waals surface area contributed by atoms with Crippen molar-refractivity contribution in [2.24, 2.45) is 0 Å². The number of carbonyl (C=O) groups excluding carboxylic acids is 1. The van der Waals surface area contributed by atoms with Gasteiger partial charge in [-0.3, -0.25) is 4.79 Å². The molecule has 14 heavy (non-hydrogen) atoms. The standard InChI is InChI=1S/C10H10O3.H2O/c1-2-7-5-3-4-6-8(7)9(11)10(12)13;/h3-6H,2H2,1H3,(H,12,13);1H2. The summed E-state index contributed by atoms with van der Waals surface area (Å²) >= 11 is 0. The highest BCUT2D eigenvalue weighted by Crippen LogP contribution is 2.09. The van der Waals surface area contributed by atoms with Crippen LogP contribution in [-0.2, 0) is 11.2 Å². The fraction of sp³-hybridized carbons (Fsp3) is 0.200. The van der Waals surface area contributed by atoms with Gasteiger partial charge in [-0.25, -0.2) is 4.79 Å². The summed E-state index contributed by atoms with van der Waals surface area (Å²) in [6, 6.07) is 6.75. The summed E-state index contributed by atoms with van der Waals surface area (Å²) in [6.45, 7) is 1.88. The maximum absolute atomic E-state index is 11.1. The highest BCUT2D eigenvalue weighted by atomic mass is 16.4. The molecule has 1 rings (SSSR count). The Labute approximate surface area is 81.5 Å². The molecule has 0 saturated heterocycles. The first-order valence-electron chi connectivity index (χ1n) is 4.02. The molecule has 4 heteroatoms. The van der Waals surface area contributed by atoms with Crippen LogP contribution in [0.25, 0.3) is 0 Å². The van der Waals surface area contributed by atoms with Gasteiger partial charge in [0.1, 0.15) is 0 Å². The number of benzene rings is 1. The van der Waals surface area contributed by atoms with Crippen LogP contribution in [-0.4, -0.2) is 22.3 Å². The molecule has 0 aliphatic carbocycles. The second-order valence-electron chi connectivity index (χ2n) is 2.64. The van der Waals surface area contributed by atoms with Crippen molar-refractivity contribution < 1.29 is 20.2 Å². The molecule has 3 N–H and O–H groups in total. The molecule has 4 nitrogen and oxygen atoms in total. The molecule has 0 saturated carbocycles. The van der Waals surface area contributed by atoms with Crippen LogP contribution in [0.5, 0.6) is 0 Å². The van der Waals surface area contributed by atoms with E-state index in [0.717, 1.165) is 5.56 Å². The van der Waals surface area contributed by atoms with Gasteiger partial charge in [0.05, 0.1) is 0 Å². The lowest BCUT2D eigenvalue weighted by Gasteiger charge is -2.02. The molecule has 0 aliphatic rings. The number of hydrogen-bond donors (Lipinski definition) is 1. The topological polar surface area (TPSA) is 85.9 Å². The first-order valence-corrected chi connectivity index (χ1v) is 4.02. The largest absolute Gasteiger partial charge is 0.475 e. The summed E-state index contributed by atoms with van der Waals surface area (Å²) < 4.78 is 0. The molecule has 0 aromatic heterocycles. The van der Waals surface area contributed by atoms with E-state index in [9.17, 15) is 9.59 Å². The number of carboxylic acid groups (broad SMARTS) is 1. The predicted octanol–water partition coefficient (Wildman–Crippen LogP) is 0.692. The molecule has 0 radical (unpaired) electrons. The van der Waals surface area contributed by atoms with Crippen LogP contribution in [0.3, 0.4) is 0 Å². The van der Waals surface area contributed by atoms with E-state index in [1.54, 1.807) is 18.2 Å². The van der Waals surface area contributed by atoms with E-state index in [2.05, 4.69) is 0 Å². The highest BCUT2D eigenvalue weighted by molar-refractivity contribution is 6.40. The van der Waals surface area contributed by atoms with Crippen LogP contribution in [0, 0.1) is 0 Å².